The molecule has 0 unspecified atom stereocenters. The number of unbranched alkanes of at least 4 members (excludes halogenated alkanes) is 3. The number of carbonyl (C=O) groups is 1. The van der Waals surface area contributed by atoms with Gasteiger partial charge in [0.25, 0.3) is 0 Å². The molecule has 88 valence electrons. The molecule has 0 aliphatic rings. The summed E-state index contributed by atoms with van der Waals surface area (Å²) in [5.41, 5.74) is -0.426. The molecule has 0 radical (unpaired) electrons. The van der Waals surface area contributed by atoms with Crippen molar-refractivity contribution in [3.63, 3.8) is 0 Å². The van der Waals surface area contributed by atoms with E-state index in [9.17, 15) is 4.79 Å². The molecule has 0 atom stereocenters. The first kappa shape index (κ1) is 13.9. The lowest BCUT2D eigenvalue weighted by Crippen LogP contribution is -2.32. The van der Waals surface area contributed by atoms with Gasteiger partial charge in [0.1, 0.15) is 5.60 Å². The number of alkyl carbamates (subject to hydrolysis) is 1. The molecular formula is C11H22N2O2. The summed E-state index contributed by atoms with van der Waals surface area (Å²) in [7, 11) is 0. The highest BCUT2D eigenvalue weighted by Gasteiger charge is 2.15. The van der Waals surface area contributed by atoms with Crippen LogP contribution in [0, 0.1) is 5.41 Å². The quantitative estimate of drug-likeness (QED) is 0.527. The first-order chi connectivity index (χ1) is 6.95. The Kier molecular flexibility index (Phi) is 6.75. The Morgan fingerprint density at radius 2 is 2.00 bits per heavy atom. The van der Waals surface area contributed by atoms with Gasteiger partial charge in [-0.05, 0) is 46.2 Å². The van der Waals surface area contributed by atoms with Crippen molar-refractivity contribution in [3.05, 3.63) is 0 Å². The van der Waals surface area contributed by atoms with Crippen LogP contribution in [0.15, 0.2) is 0 Å². The molecule has 0 bridgehead atoms. The highest BCUT2D eigenvalue weighted by atomic mass is 16.6. The van der Waals surface area contributed by atoms with Gasteiger partial charge in [0.15, 0.2) is 0 Å². The second-order valence-corrected chi connectivity index (χ2v) is 4.48. The van der Waals surface area contributed by atoms with Crippen LogP contribution in [0.1, 0.15) is 46.5 Å². The summed E-state index contributed by atoms with van der Waals surface area (Å²) in [6.45, 7) is 6.18. The third-order valence-electron chi connectivity index (χ3n) is 1.69. The zero-order valence-electron chi connectivity index (χ0n) is 9.93. The summed E-state index contributed by atoms with van der Waals surface area (Å²) in [6, 6.07) is 0. The molecular weight excluding hydrogens is 192 g/mol. The van der Waals surface area contributed by atoms with Crippen LogP contribution in [-0.2, 0) is 4.74 Å². The van der Waals surface area contributed by atoms with Crippen molar-refractivity contribution in [2.45, 2.75) is 52.1 Å². The van der Waals surface area contributed by atoms with Crippen molar-refractivity contribution in [2.24, 2.45) is 0 Å². The van der Waals surface area contributed by atoms with Crippen LogP contribution in [-0.4, -0.2) is 24.5 Å². The molecule has 0 fully saturated rings. The van der Waals surface area contributed by atoms with Crippen molar-refractivity contribution in [3.8, 4) is 0 Å². The molecule has 2 N–H and O–H groups in total. The number of rotatable bonds is 6. The minimum atomic E-state index is -0.426. The maximum Gasteiger partial charge on any atom is 0.407 e. The van der Waals surface area contributed by atoms with E-state index < -0.39 is 5.60 Å². The Morgan fingerprint density at radius 3 is 2.53 bits per heavy atom. The van der Waals surface area contributed by atoms with Crippen molar-refractivity contribution in [1.82, 2.24) is 5.32 Å². The van der Waals surface area contributed by atoms with Crippen LogP contribution in [0.4, 0.5) is 4.79 Å². The zero-order chi connectivity index (χ0) is 11.7. The van der Waals surface area contributed by atoms with Gasteiger partial charge >= 0.3 is 6.09 Å². The lowest BCUT2D eigenvalue weighted by Gasteiger charge is -2.19. The average molecular weight is 214 g/mol. The smallest absolute Gasteiger partial charge is 0.407 e. The number of hydrogen-bond donors (Lipinski definition) is 2. The van der Waals surface area contributed by atoms with E-state index in [1.165, 1.54) is 6.21 Å². The monoisotopic (exact) mass is 214 g/mol. The standard InChI is InChI=1S/C11H22N2O2/c1-11(2,3)15-10(14)13-9-7-5-4-6-8-12/h8,12H,4-7,9H2,1-3H3,(H,13,14). The summed E-state index contributed by atoms with van der Waals surface area (Å²) < 4.78 is 5.08. The van der Waals surface area contributed by atoms with Crippen LogP contribution in [0.25, 0.3) is 0 Å². The van der Waals surface area contributed by atoms with E-state index >= 15 is 0 Å². The Hall–Kier alpha value is -1.06. The van der Waals surface area contributed by atoms with E-state index in [1.54, 1.807) is 0 Å². The van der Waals surface area contributed by atoms with E-state index in [0.717, 1.165) is 25.7 Å². The molecule has 0 rings (SSSR count). The fourth-order valence-electron chi connectivity index (χ4n) is 1.05. The molecule has 0 saturated heterocycles. The highest BCUT2D eigenvalue weighted by molar-refractivity contribution is 5.67. The summed E-state index contributed by atoms with van der Waals surface area (Å²) in [6.07, 6.45) is 4.88. The van der Waals surface area contributed by atoms with Gasteiger partial charge in [-0.2, -0.15) is 0 Å². The molecule has 0 aliphatic carbocycles. The van der Waals surface area contributed by atoms with E-state index in [-0.39, 0.29) is 6.09 Å². The average Bonchev–Trinajstić information content (AvgIpc) is 2.08. The number of hydrogen-bond acceptors (Lipinski definition) is 3. The number of amides is 1. The largest absolute Gasteiger partial charge is 0.444 e. The van der Waals surface area contributed by atoms with Gasteiger partial charge < -0.3 is 15.5 Å². The van der Waals surface area contributed by atoms with E-state index in [0.29, 0.717) is 6.54 Å². The number of ether oxygens (including phenoxy) is 1. The Bertz CT molecular complexity index is 197. The van der Waals surface area contributed by atoms with Gasteiger partial charge in [-0.25, -0.2) is 4.79 Å². The Balaban J connectivity index is 3.36. The molecule has 0 heterocycles. The summed E-state index contributed by atoms with van der Waals surface area (Å²) in [5.74, 6) is 0. The number of nitrogens with one attached hydrogen (secondary N) is 2. The minimum Gasteiger partial charge on any atom is -0.444 e. The summed E-state index contributed by atoms with van der Waals surface area (Å²) >= 11 is 0. The molecule has 0 aromatic heterocycles. The minimum absolute atomic E-state index is 0.352. The molecule has 0 saturated carbocycles. The fraction of sp³-hybridized carbons (Fsp3) is 0.818. The predicted octanol–water partition coefficient (Wildman–Crippen LogP) is 2.72. The molecule has 0 aliphatic heterocycles. The molecule has 0 aromatic carbocycles. The van der Waals surface area contributed by atoms with Crippen molar-refractivity contribution < 1.29 is 9.53 Å². The van der Waals surface area contributed by atoms with Crippen LogP contribution in [0.5, 0.6) is 0 Å². The third-order valence-corrected chi connectivity index (χ3v) is 1.69. The first-order valence-electron chi connectivity index (χ1n) is 5.41. The Labute approximate surface area is 91.9 Å². The first-order valence-corrected chi connectivity index (χ1v) is 5.41. The van der Waals surface area contributed by atoms with Crippen molar-refractivity contribution >= 4 is 12.3 Å². The molecule has 4 heteroatoms. The van der Waals surface area contributed by atoms with E-state index in [2.05, 4.69) is 5.32 Å². The number of carbonyl (C=O) groups excluding carboxylic acids is 1. The van der Waals surface area contributed by atoms with E-state index in [4.69, 9.17) is 10.1 Å². The van der Waals surface area contributed by atoms with Gasteiger partial charge in [0.2, 0.25) is 0 Å². The van der Waals surface area contributed by atoms with Gasteiger partial charge in [-0.1, -0.05) is 6.42 Å². The molecule has 0 aromatic rings. The Morgan fingerprint density at radius 1 is 1.33 bits per heavy atom. The highest BCUT2D eigenvalue weighted by Crippen LogP contribution is 2.06. The second-order valence-electron chi connectivity index (χ2n) is 4.48. The van der Waals surface area contributed by atoms with Crippen molar-refractivity contribution in [1.29, 1.82) is 5.41 Å². The maximum atomic E-state index is 11.2. The van der Waals surface area contributed by atoms with Crippen LogP contribution in [0.2, 0.25) is 0 Å². The lowest BCUT2D eigenvalue weighted by molar-refractivity contribution is 0.0527. The van der Waals surface area contributed by atoms with Crippen molar-refractivity contribution in [2.75, 3.05) is 6.54 Å². The van der Waals surface area contributed by atoms with Crippen LogP contribution < -0.4 is 5.32 Å². The van der Waals surface area contributed by atoms with Gasteiger partial charge in [-0.15, -0.1) is 0 Å². The normalized spacial score (nSPS) is 10.9. The molecule has 15 heavy (non-hydrogen) atoms. The van der Waals surface area contributed by atoms with Gasteiger partial charge in [0.05, 0.1) is 0 Å². The maximum absolute atomic E-state index is 11.2. The molecule has 0 spiro atoms. The SMILES string of the molecule is CC(C)(C)OC(=O)NCCCCCC=N. The topological polar surface area (TPSA) is 62.2 Å². The third kappa shape index (κ3) is 10.9. The van der Waals surface area contributed by atoms with Crippen LogP contribution in [0.3, 0.4) is 0 Å². The summed E-state index contributed by atoms with van der Waals surface area (Å²) in [4.78, 5) is 11.2. The predicted molar refractivity (Wildman–Crippen MR) is 61.5 cm³/mol. The second kappa shape index (κ2) is 7.26. The lowest BCUT2D eigenvalue weighted by atomic mass is 10.2. The molecule has 4 nitrogen and oxygen atoms in total. The summed E-state index contributed by atoms with van der Waals surface area (Å²) in [5, 5.41) is 9.53. The fourth-order valence-corrected chi connectivity index (χ4v) is 1.05. The van der Waals surface area contributed by atoms with Crippen LogP contribution >= 0.6 is 0 Å². The van der Waals surface area contributed by atoms with Gasteiger partial charge in [0, 0.05) is 6.54 Å². The molecule has 1 amide bonds. The zero-order valence-corrected chi connectivity index (χ0v) is 9.93. The van der Waals surface area contributed by atoms with Gasteiger partial charge in [-0.3, -0.25) is 0 Å². The van der Waals surface area contributed by atoms with E-state index in [1.807, 2.05) is 20.8 Å².